The first-order valence-corrected chi connectivity index (χ1v) is 6.37. The zero-order valence-corrected chi connectivity index (χ0v) is 11.0. The monoisotopic (exact) mass is 270 g/mol. The highest BCUT2D eigenvalue weighted by Crippen LogP contribution is 2.10. The number of aryl methyl sites for hydroxylation is 1. The molecule has 0 unspecified atom stereocenters. The van der Waals surface area contributed by atoms with Gasteiger partial charge in [-0.25, -0.2) is 19.3 Å². The highest BCUT2D eigenvalue weighted by Gasteiger charge is 2.04. The van der Waals surface area contributed by atoms with Crippen LogP contribution in [0.2, 0.25) is 0 Å². The van der Waals surface area contributed by atoms with Gasteiger partial charge in [0.05, 0.1) is 12.2 Å². The number of rotatable bonds is 4. The molecule has 0 radical (unpaired) electrons. The molecule has 0 aromatic carbocycles. The van der Waals surface area contributed by atoms with Gasteiger partial charge in [0.15, 0.2) is 5.65 Å². The SMILES string of the molecule is CCc1cccnc1CNc1cc2n[nH]c(=O)n2cn1. The molecule has 0 saturated carbocycles. The van der Waals surface area contributed by atoms with E-state index in [2.05, 4.69) is 38.5 Å². The maximum Gasteiger partial charge on any atom is 0.348 e. The van der Waals surface area contributed by atoms with Crippen molar-refractivity contribution in [2.75, 3.05) is 5.32 Å². The molecule has 0 bridgehead atoms. The number of hydrogen-bond acceptors (Lipinski definition) is 5. The lowest BCUT2D eigenvalue weighted by Gasteiger charge is -2.08. The number of H-pyrrole nitrogens is 1. The van der Waals surface area contributed by atoms with Gasteiger partial charge in [-0.1, -0.05) is 13.0 Å². The van der Waals surface area contributed by atoms with Crippen molar-refractivity contribution in [2.45, 2.75) is 19.9 Å². The quantitative estimate of drug-likeness (QED) is 0.738. The molecule has 2 N–H and O–H groups in total. The third-order valence-electron chi connectivity index (χ3n) is 3.11. The Morgan fingerprint density at radius 3 is 3.15 bits per heavy atom. The highest BCUT2D eigenvalue weighted by atomic mass is 16.1. The summed E-state index contributed by atoms with van der Waals surface area (Å²) in [5, 5.41) is 9.46. The summed E-state index contributed by atoms with van der Waals surface area (Å²) in [7, 11) is 0. The average Bonchev–Trinajstić information content (AvgIpc) is 2.86. The van der Waals surface area contributed by atoms with Crippen LogP contribution in [0, 0.1) is 0 Å². The Balaban J connectivity index is 1.81. The maximum absolute atomic E-state index is 11.3. The Kier molecular flexibility index (Phi) is 3.16. The molecule has 3 rings (SSSR count). The van der Waals surface area contributed by atoms with Crippen molar-refractivity contribution in [3.05, 3.63) is 52.5 Å². The van der Waals surface area contributed by atoms with Crippen molar-refractivity contribution >= 4 is 11.5 Å². The van der Waals surface area contributed by atoms with Crippen molar-refractivity contribution in [1.29, 1.82) is 0 Å². The van der Waals surface area contributed by atoms with Crippen LogP contribution in [-0.2, 0) is 13.0 Å². The lowest BCUT2D eigenvalue weighted by Crippen LogP contribution is -2.11. The molecule has 102 valence electrons. The first kappa shape index (κ1) is 12.3. The molecule has 3 heterocycles. The van der Waals surface area contributed by atoms with Crippen molar-refractivity contribution < 1.29 is 0 Å². The Morgan fingerprint density at radius 2 is 2.30 bits per heavy atom. The summed E-state index contributed by atoms with van der Waals surface area (Å²) < 4.78 is 1.35. The standard InChI is InChI=1S/C13H14N6O/c1-2-9-4-3-5-14-10(9)7-15-11-6-12-17-18-13(20)19(12)8-16-11/h3-6,8,15H,2,7H2,1H3,(H,18,20). The van der Waals surface area contributed by atoms with E-state index in [0.29, 0.717) is 18.0 Å². The van der Waals surface area contributed by atoms with Gasteiger partial charge in [0.1, 0.15) is 12.1 Å². The second kappa shape index (κ2) is 5.12. The van der Waals surface area contributed by atoms with Gasteiger partial charge in [0, 0.05) is 12.3 Å². The van der Waals surface area contributed by atoms with E-state index in [-0.39, 0.29) is 5.69 Å². The molecule has 0 amide bonds. The van der Waals surface area contributed by atoms with Crippen LogP contribution in [0.15, 0.2) is 35.5 Å². The summed E-state index contributed by atoms with van der Waals surface area (Å²) in [5.74, 6) is 0.657. The van der Waals surface area contributed by atoms with Gasteiger partial charge in [0.25, 0.3) is 0 Å². The Labute approximate surface area is 114 Å². The molecule has 0 spiro atoms. The Morgan fingerprint density at radius 1 is 1.40 bits per heavy atom. The van der Waals surface area contributed by atoms with Crippen LogP contribution >= 0.6 is 0 Å². The number of nitrogens with zero attached hydrogens (tertiary/aromatic N) is 4. The number of hydrogen-bond donors (Lipinski definition) is 2. The number of nitrogens with one attached hydrogen (secondary N) is 2. The zero-order chi connectivity index (χ0) is 13.9. The zero-order valence-electron chi connectivity index (χ0n) is 11.0. The van der Waals surface area contributed by atoms with E-state index in [0.717, 1.165) is 12.1 Å². The van der Waals surface area contributed by atoms with Crippen molar-refractivity contribution in [1.82, 2.24) is 24.6 Å². The second-order valence-corrected chi connectivity index (χ2v) is 4.35. The summed E-state index contributed by atoms with van der Waals surface area (Å²) in [5.41, 5.74) is 2.44. The molecule has 0 aliphatic rings. The van der Waals surface area contributed by atoms with Crippen molar-refractivity contribution in [3.63, 3.8) is 0 Å². The summed E-state index contributed by atoms with van der Waals surface area (Å²) in [6, 6.07) is 5.71. The van der Waals surface area contributed by atoms with Gasteiger partial charge >= 0.3 is 5.69 Å². The van der Waals surface area contributed by atoms with Crippen molar-refractivity contribution in [2.24, 2.45) is 0 Å². The van der Waals surface area contributed by atoms with Crippen LogP contribution < -0.4 is 11.0 Å². The van der Waals surface area contributed by atoms with E-state index in [1.165, 1.54) is 16.3 Å². The van der Waals surface area contributed by atoms with Crippen LogP contribution in [-0.4, -0.2) is 24.6 Å². The number of aromatic nitrogens is 5. The minimum atomic E-state index is -0.294. The molecule has 7 nitrogen and oxygen atoms in total. The molecule has 0 saturated heterocycles. The summed E-state index contributed by atoms with van der Waals surface area (Å²) in [6.45, 7) is 2.68. The normalized spacial score (nSPS) is 10.8. The topological polar surface area (TPSA) is 88.0 Å². The first-order chi connectivity index (χ1) is 9.78. The maximum atomic E-state index is 11.3. The average molecular weight is 270 g/mol. The van der Waals surface area contributed by atoms with Crippen LogP contribution in [0.4, 0.5) is 5.82 Å². The highest BCUT2D eigenvalue weighted by molar-refractivity contribution is 5.48. The fourth-order valence-corrected chi connectivity index (χ4v) is 2.03. The molecule has 7 heteroatoms. The second-order valence-electron chi connectivity index (χ2n) is 4.35. The number of aromatic amines is 1. The van der Waals surface area contributed by atoms with Gasteiger partial charge in [-0.15, -0.1) is 0 Å². The smallest absolute Gasteiger partial charge is 0.348 e. The fourth-order valence-electron chi connectivity index (χ4n) is 2.03. The van der Waals surface area contributed by atoms with E-state index in [1.807, 2.05) is 6.07 Å². The minimum Gasteiger partial charge on any atom is -0.364 e. The summed E-state index contributed by atoms with van der Waals surface area (Å²) in [4.78, 5) is 19.9. The summed E-state index contributed by atoms with van der Waals surface area (Å²) in [6.07, 6.45) is 4.16. The van der Waals surface area contributed by atoms with Crippen LogP contribution in [0.5, 0.6) is 0 Å². The van der Waals surface area contributed by atoms with Gasteiger partial charge in [0.2, 0.25) is 0 Å². The third-order valence-corrected chi connectivity index (χ3v) is 3.11. The van der Waals surface area contributed by atoms with Crippen LogP contribution in [0.3, 0.4) is 0 Å². The van der Waals surface area contributed by atoms with Gasteiger partial charge in [-0.2, -0.15) is 5.10 Å². The number of anilines is 1. The van der Waals surface area contributed by atoms with Crippen LogP contribution in [0.1, 0.15) is 18.2 Å². The molecule has 3 aromatic rings. The molecule has 0 aliphatic heterocycles. The van der Waals surface area contributed by atoms with Crippen molar-refractivity contribution in [3.8, 4) is 0 Å². The van der Waals surface area contributed by atoms with E-state index in [4.69, 9.17) is 0 Å². The number of fused-ring (bicyclic) bond motifs is 1. The van der Waals surface area contributed by atoms with Gasteiger partial charge < -0.3 is 5.32 Å². The molecule has 0 fully saturated rings. The molecule has 0 atom stereocenters. The first-order valence-electron chi connectivity index (χ1n) is 6.37. The lowest BCUT2D eigenvalue weighted by molar-refractivity contribution is 0.953. The van der Waals surface area contributed by atoms with E-state index in [1.54, 1.807) is 12.3 Å². The number of pyridine rings is 1. The molecule has 20 heavy (non-hydrogen) atoms. The van der Waals surface area contributed by atoms with E-state index < -0.39 is 0 Å². The molecular weight excluding hydrogens is 256 g/mol. The van der Waals surface area contributed by atoms with E-state index >= 15 is 0 Å². The Hall–Kier alpha value is -2.70. The van der Waals surface area contributed by atoms with Crippen LogP contribution in [0.25, 0.3) is 5.65 Å². The lowest BCUT2D eigenvalue weighted by atomic mass is 10.1. The molecular formula is C13H14N6O. The molecule has 3 aromatic heterocycles. The minimum absolute atomic E-state index is 0.294. The largest absolute Gasteiger partial charge is 0.364 e. The summed E-state index contributed by atoms with van der Waals surface area (Å²) >= 11 is 0. The fraction of sp³-hybridized carbons (Fsp3) is 0.231. The predicted octanol–water partition coefficient (Wildman–Crippen LogP) is 0.987. The predicted molar refractivity (Wildman–Crippen MR) is 74.5 cm³/mol. The Bertz CT molecular complexity index is 791. The van der Waals surface area contributed by atoms with Gasteiger partial charge in [-0.05, 0) is 18.1 Å². The third kappa shape index (κ3) is 2.25. The molecule has 0 aliphatic carbocycles. The van der Waals surface area contributed by atoms with E-state index in [9.17, 15) is 4.79 Å². The van der Waals surface area contributed by atoms with Gasteiger partial charge in [-0.3, -0.25) is 4.98 Å².